The Morgan fingerprint density at radius 2 is 2.20 bits per heavy atom. The third kappa shape index (κ3) is 2.66. The zero-order valence-corrected chi connectivity index (χ0v) is 12.5. The Bertz CT molecular complexity index is 610. The van der Waals surface area contributed by atoms with Crippen LogP contribution in [0.4, 0.5) is 0 Å². The molecular weight excluding hydrogens is 270 g/mol. The van der Waals surface area contributed by atoms with Gasteiger partial charge in [0, 0.05) is 35.7 Å². The second kappa shape index (κ2) is 5.68. The molecule has 2 aromatic rings. The van der Waals surface area contributed by atoms with Crippen LogP contribution in [0.15, 0.2) is 30.5 Å². The van der Waals surface area contributed by atoms with Gasteiger partial charge in [0.1, 0.15) is 0 Å². The van der Waals surface area contributed by atoms with Gasteiger partial charge < -0.3 is 5.73 Å². The first-order chi connectivity index (χ1) is 9.70. The molecule has 1 aliphatic carbocycles. The number of rotatable bonds is 5. The Balaban J connectivity index is 2.00. The molecule has 1 aliphatic rings. The number of benzene rings is 1. The van der Waals surface area contributed by atoms with Crippen molar-refractivity contribution in [1.29, 1.82) is 0 Å². The summed E-state index contributed by atoms with van der Waals surface area (Å²) < 4.78 is 0. The van der Waals surface area contributed by atoms with E-state index in [4.69, 9.17) is 17.3 Å². The van der Waals surface area contributed by atoms with Crippen LogP contribution in [-0.4, -0.2) is 30.0 Å². The van der Waals surface area contributed by atoms with Crippen LogP contribution in [0.3, 0.4) is 0 Å². The number of nitrogens with zero attached hydrogens (tertiary/aromatic N) is 2. The van der Waals surface area contributed by atoms with Gasteiger partial charge in [-0.05, 0) is 49.6 Å². The summed E-state index contributed by atoms with van der Waals surface area (Å²) in [4.78, 5) is 6.88. The van der Waals surface area contributed by atoms with Crippen molar-refractivity contribution in [2.45, 2.75) is 18.9 Å². The van der Waals surface area contributed by atoms with E-state index < -0.39 is 0 Å². The molecule has 1 fully saturated rings. The summed E-state index contributed by atoms with van der Waals surface area (Å²) in [5, 5.41) is 1.75. The molecule has 0 saturated heterocycles. The summed E-state index contributed by atoms with van der Waals surface area (Å²) in [6.45, 7) is 1.70. The van der Waals surface area contributed by atoms with Crippen LogP contribution >= 0.6 is 11.6 Å². The van der Waals surface area contributed by atoms with E-state index in [0.29, 0.717) is 6.54 Å². The van der Waals surface area contributed by atoms with E-state index in [1.807, 2.05) is 24.4 Å². The second-order valence-corrected chi connectivity index (χ2v) is 6.08. The number of hydrogen-bond acceptors (Lipinski definition) is 3. The lowest BCUT2D eigenvalue weighted by Crippen LogP contribution is -2.32. The largest absolute Gasteiger partial charge is 0.329 e. The summed E-state index contributed by atoms with van der Waals surface area (Å²) >= 11 is 6.27. The highest BCUT2D eigenvalue weighted by Crippen LogP contribution is 2.34. The first-order valence-corrected chi connectivity index (χ1v) is 7.52. The third-order valence-electron chi connectivity index (χ3n) is 4.11. The topological polar surface area (TPSA) is 42.1 Å². The number of likely N-dealkylation sites (N-methyl/N-ethyl adjacent to an activating group) is 1. The fraction of sp³-hybridized carbons (Fsp3) is 0.438. The van der Waals surface area contributed by atoms with Crippen molar-refractivity contribution in [2.24, 2.45) is 11.7 Å². The predicted octanol–water partition coefficient (Wildman–Crippen LogP) is 3.23. The zero-order valence-electron chi connectivity index (χ0n) is 11.7. The summed E-state index contributed by atoms with van der Waals surface area (Å²) in [6, 6.07) is 8.16. The number of halogens is 1. The molecule has 1 heterocycles. The van der Waals surface area contributed by atoms with Gasteiger partial charge in [0.25, 0.3) is 0 Å². The number of aromatic nitrogens is 1. The summed E-state index contributed by atoms with van der Waals surface area (Å²) in [7, 11) is 2.15. The van der Waals surface area contributed by atoms with Crippen LogP contribution in [-0.2, 0) is 0 Å². The van der Waals surface area contributed by atoms with Gasteiger partial charge in [-0.1, -0.05) is 17.7 Å². The lowest BCUT2D eigenvalue weighted by Gasteiger charge is -2.28. The first-order valence-electron chi connectivity index (χ1n) is 7.14. The van der Waals surface area contributed by atoms with Crippen molar-refractivity contribution < 1.29 is 0 Å². The highest BCUT2D eigenvalue weighted by molar-refractivity contribution is 6.35. The van der Waals surface area contributed by atoms with Crippen LogP contribution in [0.1, 0.15) is 24.4 Å². The predicted molar refractivity (Wildman–Crippen MR) is 83.9 cm³/mol. The lowest BCUT2D eigenvalue weighted by atomic mass is 10.0. The Labute approximate surface area is 124 Å². The van der Waals surface area contributed by atoms with E-state index in [2.05, 4.69) is 23.0 Å². The molecule has 0 spiro atoms. The molecule has 1 atom stereocenters. The van der Waals surface area contributed by atoms with E-state index in [9.17, 15) is 0 Å². The Kier molecular flexibility index (Phi) is 3.92. The lowest BCUT2D eigenvalue weighted by molar-refractivity contribution is 0.241. The van der Waals surface area contributed by atoms with Crippen molar-refractivity contribution in [2.75, 3.05) is 20.1 Å². The monoisotopic (exact) mass is 289 g/mol. The fourth-order valence-electron chi connectivity index (χ4n) is 2.81. The molecule has 1 aromatic heterocycles. The molecule has 0 bridgehead atoms. The van der Waals surface area contributed by atoms with Crippen molar-refractivity contribution in [3.05, 3.63) is 41.0 Å². The van der Waals surface area contributed by atoms with Gasteiger partial charge in [-0.15, -0.1) is 0 Å². The van der Waals surface area contributed by atoms with Gasteiger partial charge in [0.15, 0.2) is 0 Å². The minimum Gasteiger partial charge on any atom is -0.329 e. The smallest absolute Gasteiger partial charge is 0.0765 e. The van der Waals surface area contributed by atoms with Crippen LogP contribution < -0.4 is 5.73 Å². The van der Waals surface area contributed by atoms with Crippen molar-refractivity contribution in [3.63, 3.8) is 0 Å². The Hall–Kier alpha value is -1.16. The zero-order chi connectivity index (χ0) is 14.1. The van der Waals surface area contributed by atoms with Crippen molar-refractivity contribution >= 4 is 22.5 Å². The molecule has 2 N–H and O–H groups in total. The maximum absolute atomic E-state index is 6.27. The highest BCUT2D eigenvalue weighted by Gasteiger charge is 2.27. The number of nitrogens with two attached hydrogens (primary N) is 1. The SMILES string of the molecule is CN(CC1CC1)C(CN)c1ccc(Cl)c2cccnc12. The van der Waals surface area contributed by atoms with Crippen LogP contribution in [0.25, 0.3) is 10.9 Å². The molecule has 1 saturated carbocycles. The van der Waals surface area contributed by atoms with Crippen LogP contribution in [0.2, 0.25) is 5.02 Å². The van der Waals surface area contributed by atoms with Gasteiger partial charge in [-0.2, -0.15) is 0 Å². The molecule has 106 valence electrons. The third-order valence-corrected chi connectivity index (χ3v) is 4.43. The molecule has 1 unspecified atom stereocenters. The molecule has 20 heavy (non-hydrogen) atoms. The summed E-state index contributed by atoms with van der Waals surface area (Å²) in [6.07, 6.45) is 4.51. The Morgan fingerprint density at radius 3 is 2.90 bits per heavy atom. The molecule has 3 rings (SSSR count). The Morgan fingerprint density at radius 1 is 1.40 bits per heavy atom. The number of hydrogen-bond donors (Lipinski definition) is 1. The average molecular weight is 290 g/mol. The van der Waals surface area contributed by atoms with Crippen LogP contribution in [0.5, 0.6) is 0 Å². The average Bonchev–Trinajstić information content (AvgIpc) is 3.26. The quantitative estimate of drug-likeness (QED) is 0.919. The van der Waals surface area contributed by atoms with Crippen molar-refractivity contribution in [3.8, 4) is 0 Å². The standard InChI is InChI=1S/C16H20ClN3/c1-20(10-11-4-5-11)15(9-18)13-6-7-14(17)12-3-2-8-19-16(12)13/h2-3,6-8,11,15H,4-5,9-10,18H2,1H3. The van der Waals surface area contributed by atoms with Gasteiger partial charge in [0.05, 0.1) is 5.52 Å². The highest BCUT2D eigenvalue weighted by atomic mass is 35.5. The maximum atomic E-state index is 6.27. The van der Waals surface area contributed by atoms with Gasteiger partial charge in [0.2, 0.25) is 0 Å². The van der Waals surface area contributed by atoms with E-state index in [0.717, 1.165) is 28.4 Å². The van der Waals surface area contributed by atoms with Crippen molar-refractivity contribution in [1.82, 2.24) is 9.88 Å². The second-order valence-electron chi connectivity index (χ2n) is 5.67. The van der Waals surface area contributed by atoms with E-state index in [-0.39, 0.29) is 6.04 Å². The number of fused-ring (bicyclic) bond motifs is 1. The molecule has 4 heteroatoms. The summed E-state index contributed by atoms with van der Waals surface area (Å²) in [5.74, 6) is 0.848. The first kappa shape index (κ1) is 13.8. The molecule has 1 aromatic carbocycles. The van der Waals surface area contributed by atoms with Gasteiger partial charge in [-0.3, -0.25) is 9.88 Å². The maximum Gasteiger partial charge on any atom is 0.0765 e. The molecule has 3 nitrogen and oxygen atoms in total. The minimum atomic E-state index is 0.199. The van der Waals surface area contributed by atoms with E-state index >= 15 is 0 Å². The number of pyridine rings is 1. The minimum absolute atomic E-state index is 0.199. The van der Waals surface area contributed by atoms with E-state index in [1.54, 1.807) is 0 Å². The van der Waals surface area contributed by atoms with E-state index in [1.165, 1.54) is 18.4 Å². The fourth-order valence-corrected chi connectivity index (χ4v) is 3.02. The molecule has 0 aliphatic heterocycles. The van der Waals surface area contributed by atoms with Gasteiger partial charge in [-0.25, -0.2) is 0 Å². The summed E-state index contributed by atoms with van der Waals surface area (Å²) in [5.41, 5.74) is 8.18. The molecular formula is C16H20ClN3. The van der Waals surface area contributed by atoms with Gasteiger partial charge >= 0.3 is 0 Å². The normalized spacial score (nSPS) is 16.8. The molecule has 0 radical (unpaired) electrons. The van der Waals surface area contributed by atoms with Crippen LogP contribution in [0, 0.1) is 5.92 Å². The molecule has 0 amide bonds.